The van der Waals surface area contributed by atoms with E-state index in [2.05, 4.69) is 17.0 Å². The Morgan fingerprint density at radius 2 is 1.48 bits per heavy atom. The molecule has 0 N–H and O–H groups in total. The van der Waals surface area contributed by atoms with Gasteiger partial charge in [0.25, 0.3) is 5.91 Å². The number of hydrogen-bond donors (Lipinski definition) is 0. The lowest BCUT2D eigenvalue weighted by Gasteiger charge is -2.21. The van der Waals surface area contributed by atoms with Crippen LogP contribution in [-0.4, -0.2) is 35.8 Å². The average Bonchev–Trinajstić information content (AvgIpc) is 3.25. The van der Waals surface area contributed by atoms with Crippen LogP contribution in [0.2, 0.25) is 0 Å². The lowest BCUT2D eigenvalue weighted by Crippen LogP contribution is -2.40. The molecule has 5 heteroatoms. The molecule has 4 nitrogen and oxygen atoms in total. The van der Waals surface area contributed by atoms with Gasteiger partial charge in [-0.25, -0.2) is 4.90 Å². The zero-order chi connectivity index (χ0) is 17.2. The van der Waals surface area contributed by atoms with E-state index in [0.29, 0.717) is 12.1 Å². The Hall–Kier alpha value is -2.11. The SMILES string of the molecule is O=C1CC(N2CCCC2)C(=O)N1c1ccc(Sc2ccccc2)cc1. The fraction of sp³-hybridized carbons (Fsp3) is 0.300. The van der Waals surface area contributed by atoms with Crippen molar-refractivity contribution >= 4 is 29.3 Å². The number of likely N-dealkylation sites (tertiary alicyclic amines) is 1. The zero-order valence-electron chi connectivity index (χ0n) is 13.9. The fourth-order valence-electron chi connectivity index (χ4n) is 3.51. The van der Waals surface area contributed by atoms with Gasteiger partial charge in [-0.1, -0.05) is 30.0 Å². The quantitative estimate of drug-likeness (QED) is 0.789. The molecule has 0 bridgehead atoms. The van der Waals surface area contributed by atoms with Crippen molar-refractivity contribution in [2.45, 2.75) is 35.1 Å². The van der Waals surface area contributed by atoms with Crippen molar-refractivity contribution in [3.05, 3.63) is 54.6 Å². The van der Waals surface area contributed by atoms with Gasteiger partial charge in [-0.05, 0) is 62.3 Å². The lowest BCUT2D eigenvalue weighted by atomic mass is 10.2. The lowest BCUT2D eigenvalue weighted by molar-refractivity contribution is -0.122. The third kappa shape index (κ3) is 3.34. The van der Waals surface area contributed by atoms with Crippen LogP contribution >= 0.6 is 11.8 Å². The maximum atomic E-state index is 12.7. The van der Waals surface area contributed by atoms with E-state index in [1.807, 2.05) is 42.5 Å². The number of amides is 2. The third-order valence-corrected chi connectivity index (χ3v) is 5.79. The van der Waals surface area contributed by atoms with Gasteiger partial charge in [0.2, 0.25) is 5.91 Å². The van der Waals surface area contributed by atoms with Gasteiger partial charge in [0.05, 0.1) is 18.2 Å². The molecule has 128 valence electrons. The third-order valence-electron chi connectivity index (χ3n) is 4.78. The number of nitrogens with zero attached hydrogens (tertiary/aromatic N) is 2. The Morgan fingerprint density at radius 3 is 2.16 bits per heavy atom. The highest BCUT2D eigenvalue weighted by molar-refractivity contribution is 7.99. The second-order valence-electron chi connectivity index (χ2n) is 6.44. The molecule has 2 aliphatic heterocycles. The van der Waals surface area contributed by atoms with Gasteiger partial charge < -0.3 is 0 Å². The average molecular weight is 352 g/mol. The standard InChI is InChI=1S/C20H20N2O2S/c23-19-14-18(21-12-4-5-13-21)20(24)22(19)15-8-10-17(11-9-15)25-16-6-2-1-3-7-16/h1-3,6-11,18H,4-5,12-14H2. The van der Waals surface area contributed by atoms with E-state index in [4.69, 9.17) is 0 Å². The molecule has 2 aliphatic rings. The van der Waals surface area contributed by atoms with Gasteiger partial charge >= 0.3 is 0 Å². The molecule has 0 aromatic heterocycles. The second kappa shape index (κ2) is 7.02. The first-order chi connectivity index (χ1) is 12.2. The minimum Gasteiger partial charge on any atom is -0.292 e. The summed E-state index contributed by atoms with van der Waals surface area (Å²) in [5, 5.41) is 0. The highest BCUT2D eigenvalue weighted by Gasteiger charge is 2.43. The molecule has 0 aliphatic carbocycles. The van der Waals surface area contributed by atoms with E-state index in [1.54, 1.807) is 11.8 Å². The molecule has 2 heterocycles. The van der Waals surface area contributed by atoms with Crippen LogP contribution in [0.3, 0.4) is 0 Å². The maximum absolute atomic E-state index is 12.7. The van der Waals surface area contributed by atoms with Crippen molar-refractivity contribution < 1.29 is 9.59 Å². The highest BCUT2D eigenvalue weighted by Crippen LogP contribution is 2.31. The van der Waals surface area contributed by atoms with Gasteiger partial charge in [0.1, 0.15) is 0 Å². The van der Waals surface area contributed by atoms with Gasteiger partial charge in [-0.2, -0.15) is 0 Å². The molecular formula is C20H20N2O2S. The number of carbonyl (C=O) groups excluding carboxylic acids is 2. The van der Waals surface area contributed by atoms with Crippen molar-refractivity contribution in [2.75, 3.05) is 18.0 Å². The number of anilines is 1. The molecule has 2 aromatic rings. The van der Waals surface area contributed by atoms with Crippen LogP contribution in [0.25, 0.3) is 0 Å². The van der Waals surface area contributed by atoms with Crippen LogP contribution in [0.5, 0.6) is 0 Å². The van der Waals surface area contributed by atoms with Gasteiger partial charge in [-0.15, -0.1) is 0 Å². The molecule has 0 spiro atoms. The van der Waals surface area contributed by atoms with E-state index >= 15 is 0 Å². The maximum Gasteiger partial charge on any atom is 0.251 e. The molecule has 2 amide bonds. The summed E-state index contributed by atoms with van der Waals surface area (Å²) in [7, 11) is 0. The Kier molecular flexibility index (Phi) is 4.59. The van der Waals surface area contributed by atoms with Crippen LogP contribution in [0.1, 0.15) is 19.3 Å². The van der Waals surface area contributed by atoms with E-state index in [0.717, 1.165) is 35.7 Å². The number of imide groups is 1. The number of rotatable bonds is 4. The monoisotopic (exact) mass is 352 g/mol. The molecule has 4 rings (SSSR count). The fourth-order valence-corrected chi connectivity index (χ4v) is 4.35. The summed E-state index contributed by atoms with van der Waals surface area (Å²) in [6.07, 6.45) is 2.53. The molecule has 1 atom stereocenters. The molecule has 0 saturated carbocycles. The summed E-state index contributed by atoms with van der Waals surface area (Å²) in [5.74, 6) is -0.166. The first-order valence-electron chi connectivity index (χ1n) is 8.66. The normalized spacial score (nSPS) is 21.3. The summed E-state index contributed by atoms with van der Waals surface area (Å²) >= 11 is 1.66. The first kappa shape index (κ1) is 16.4. The predicted molar refractivity (Wildman–Crippen MR) is 98.7 cm³/mol. The summed E-state index contributed by atoms with van der Waals surface area (Å²) in [6, 6.07) is 17.5. The topological polar surface area (TPSA) is 40.6 Å². The van der Waals surface area contributed by atoms with Gasteiger partial charge in [-0.3, -0.25) is 14.5 Å². The van der Waals surface area contributed by atoms with Crippen LogP contribution in [-0.2, 0) is 9.59 Å². The first-order valence-corrected chi connectivity index (χ1v) is 9.48. The summed E-state index contributed by atoms with van der Waals surface area (Å²) in [4.78, 5) is 30.9. The molecule has 0 radical (unpaired) electrons. The predicted octanol–water partition coefficient (Wildman–Crippen LogP) is 3.57. The molecule has 25 heavy (non-hydrogen) atoms. The Labute approximate surface area is 151 Å². The van der Waals surface area contributed by atoms with Crippen LogP contribution in [0.4, 0.5) is 5.69 Å². The summed E-state index contributed by atoms with van der Waals surface area (Å²) in [6.45, 7) is 1.84. The van der Waals surface area contributed by atoms with Crippen molar-refractivity contribution in [3.63, 3.8) is 0 Å². The number of hydrogen-bond acceptors (Lipinski definition) is 4. The van der Waals surface area contributed by atoms with E-state index in [1.165, 1.54) is 4.90 Å². The van der Waals surface area contributed by atoms with Crippen LogP contribution in [0, 0.1) is 0 Å². The van der Waals surface area contributed by atoms with Crippen LogP contribution < -0.4 is 4.90 Å². The Bertz CT molecular complexity index is 770. The van der Waals surface area contributed by atoms with E-state index in [9.17, 15) is 9.59 Å². The highest BCUT2D eigenvalue weighted by atomic mass is 32.2. The van der Waals surface area contributed by atoms with Gasteiger partial charge in [0, 0.05) is 9.79 Å². The van der Waals surface area contributed by atoms with Crippen molar-refractivity contribution in [1.29, 1.82) is 0 Å². The zero-order valence-corrected chi connectivity index (χ0v) is 14.7. The molecular weight excluding hydrogens is 332 g/mol. The smallest absolute Gasteiger partial charge is 0.251 e. The largest absolute Gasteiger partial charge is 0.292 e. The van der Waals surface area contributed by atoms with Crippen molar-refractivity contribution in [2.24, 2.45) is 0 Å². The molecule has 2 saturated heterocycles. The Balaban J connectivity index is 1.49. The number of benzene rings is 2. The van der Waals surface area contributed by atoms with Gasteiger partial charge in [0.15, 0.2) is 0 Å². The minimum atomic E-state index is -0.270. The van der Waals surface area contributed by atoms with Crippen molar-refractivity contribution in [3.8, 4) is 0 Å². The van der Waals surface area contributed by atoms with E-state index < -0.39 is 0 Å². The van der Waals surface area contributed by atoms with Crippen molar-refractivity contribution in [1.82, 2.24) is 4.90 Å². The van der Waals surface area contributed by atoms with Crippen LogP contribution in [0.15, 0.2) is 64.4 Å². The van der Waals surface area contributed by atoms with E-state index in [-0.39, 0.29) is 17.9 Å². The summed E-state index contributed by atoms with van der Waals surface area (Å²) < 4.78 is 0. The molecule has 2 aromatic carbocycles. The molecule has 1 unspecified atom stereocenters. The summed E-state index contributed by atoms with van der Waals surface area (Å²) in [5.41, 5.74) is 0.675. The second-order valence-corrected chi connectivity index (χ2v) is 7.59. The minimum absolute atomic E-state index is 0.0737. The molecule has 2 fully saturated rings. The number of carbonyl (C=O) groups is 2. The Morgan fingerprint density at radius 1 is 0.840 bits per heavy atom.